The van der Waals surface area contributed by atoms with Gasteiger partial charge in [0.1, 0.15) is 23.1 Å². The first kappa shape index (κ1) is 20.2. The molecule has 0 spiro atoms. The molecule has 148 valence electrons. The van der Waals surface area contributed by atoms with Crippen molar-refractivity contribution in [3.63, 3.8) is 0 Å². The highest BCUT2D eigenvalue weighted by molar-refractivity contribution is 5.85. The molecule has 1 aromatic heterocycles. The first-order valence-corrected chi connectivity index (χ1v) is 9.15. The fourth-order valence-corrected chi connectivity index (χ4v) is 2.77. The van der Waals surface area contributed by atoms with Gasteiger partial charge in [-0.25, -0.2) is 4.39 Å². The first-order chi connectivity index (χ1) is 13.9. The Labute approximate surface area is 167 Å². The Hall–Kier alpha value is -3.54. The van der Waals surface area contributed by atoms with E-state index in [4.69, 9.17) is 9.84 Å². The third-order valence-electron chi connectivity index (χ3n) is 4.34. The number of Topliss-reactive ketones (excluding diaryl/α,β-unsaturated/α-hetero) is 1. The van der Waals surface area contributed by atoms with E-state index in [1.54, 1.807) is 30.3 Å². The summed E-state index contributed by atoms with van der Waals surface area (Å²) in [5, 5.41) is 8.92. The summed E-state index contributed by atoms with van der Waals surface area (Å²) in [5.74, 6) is -1.03. The van der Waals surface area contributed by atoms with Crippen molar-refractivity contribution >= 4 is 11.8 Å². The van der Waals surface area contributed by atoms with Gasteiger partial charge >= 0.3 is 5.97 Å². The van der Waals surface area contributed by atoms with E-state index < -0.39 is 11.9 Å². The van der Waals surface area contributed by atoms with E-state index in [2.05, 4.69) is 4.98 Å². The number of pyridine rings is 1. The van der Waals surface area contributed by atoms with Gasteiger partial charge in [-0.1, -0.05) is 13.0 Å². The van der Waals surface area contributed by atoms with Gasteiger partial charge in [-0.2, -0.15) is 0 Å². The minimum atomic E-state index is -0.983. The van der Waals surface area contributed by atoms with Crippen LogP contribution in [-0.2, 0) is 16.0 Å². The Morgan fingerprint density at radius 1 is 1.00 bits per heavy atom. The second kappa shape index (κ2) is 9.10. The molecule has 3 aromatic rings. The van der Waals surface area contributed by atoms with E-state index in [0.717, 1.165) is 5.56 Å². The molecule has 6 heteroatoms. The predicted molar refractivity (Wildman–Crippen MR) is 106 cm³/mol. The molecule has 0 aliphatic heterocycles. The van der Waals surface area contributed by atoms with Crippen LogP contribution in [0.1, 0.15) is 19.0 Å². The van der Waals surface area contributed by atoms with Crippen LogP contribution in [0.4, 0.5) is 4.39 Å². The number of aliphatic carboxylic acids is 1. The second-order valence-corrected chi connectivity index (χ2v) is 6.75. The molecule has 5 nitrogen and oxygen atoms in total. The van der Waals surface area contributed by atoms with Crippen molar-refractivity contribution in [1.29, 1.82) is 0 Å². The van der Waals surface area contributed by atoms with Gasteiger partial charge in [0.05, 0.1) is 11.6 Å². The molecule has 0 saturated carbocycles. The Balaban J connectivity index is 1.67. The van der Waals surface area contributed by atoms with Crippen LogP contribution >= 0.6 is 0 Å². The van der Waals surface area contributed by atoms with Crippen molar-refractivity contribution in [3.05, 3.63) is 78.2 Å². The lowest BCUT2D eigenvalue weighted by Crippen LogP contribution is -2.16. The number of carbonyl (C=O) groups is 2. The molecule has 0 fully saturated rings. The topological polar surface area (TPSA) is 76.5 Å². The SMILES string of the molecule is C[C@H](CC(=O)Cc1cccc(-c2ccc(Oc3ccc(F)cc3)cc2)n1)C(=O)O. The number of aromatic nitrogens is 1. The smallest absolute Gasteiger partial charge is 0.306 e. The van der Waals surface area contributed by atoms with Gasteiger partial charge in [-0.15, -0.1) is 0 Å². The van der Waals surface area contributed by atoms with Crippen LogP contribution in [-0.4, -0.2) is 21.8 Å². The number of hydrogen-bond acceptors (Lipinski definition) is 4. The van der Waals surface area contributed by atoms with Gasteiger partial charge in [0.15, 0.2) is 0 Å². The zero-order chi connectivity index (χ0) is 20.8. The van der Waals surface area contributed by atoms with Crippen LogP contribution < -0.4 is 4.74 Å². The minimum absolute atomic E-state index is 0.0172. The summed E-state index contributed by atoms with van der Waals surface area (Å²) in [6, 6.07) is 18.4. The van der Waals surface area contributed by atoms with Gasteiger partial charge in [-0.3, -0.25) is 14.6 Å². The molecular formula is C23H20FNO4. The third-order valence-corrected chi connectivity index (χ3v) is 4.34. The van der Waals surface area contributed by atoms with E-state index in [1.807, 2.05) is 24.3 Å². The van der Waals surface area contributed by atoms with Crippen LogP contribution in [0.15, 0.2) is 66.7 Å². The maximum absolute atomic E-state index is 13.0. The van der Waals surface area contributed by atoms with Gasteiger partial charge in [0.2, 0.25) is 0 Å². The zero-order valence-electron chi connectivity index (χ0n) is 15.8. The minimum Gasteiger partial charge on any atom is -0.481 e. The number of benzene rings is 2. The van der Waals surface area contributed by atoms with Crippen LogP contribution in [0.5, 0.6) is 11.5 Å². The number of halogens is 1. The molecule has 1 heterocycles. The van der Waals surface area contributed by atoms with Crippen molar-refractivity contribution in [3.8, 4) is 22.8 Å². The third kappa shape index (κ3) is 5.72. The zero-order valence-corrected chi connectivity index (χ0v) is 15.8. The Morgan fingerprint density at radius 2 is 1.62 bits per heavy atom. The number of carboxylic acid groups (broad SMARTS) is 1. The monoisotopic (exact) mass is 393 g/mol. The van der Waals surface area contributed by atoms with E-state index in [-0.39, 0.29) is 24.4 Å². The van der Waals surface area contributed by atoms with Gasteiger partial charge in [-0.05, 0) is 60.7 Å². The lowest BCUT2D eigenvalue weighted by Gasteiger charge is -2.08. The summed E-state index contributed by atoms with van der Waals surface area (Å²) in [6.45, 7) is 1.51. The molecule has 0 aliphatic carbocycles. The fourth-order valence-electron chi connectivity index (χ4n) is 2.77. The number of ketones is 1. The Kier molecular flexibility index (Phi) is 6.34. The molecule has 0 radical (unpaired) electrons. The maximum atomic E-state index is 13.0. The molecule has 1 atom stereocenters. The highest BCUT2D eigenvalue weighted by atomic mass is 19.1. The normalized spacial score (nSPS) is 11.7. The largest absolute Gasteiger partial charge is 0.481 e. The standard InChI is InChI=1S/C23H20FNO4/c1-15(23(27)28)13-19(26)14-18-3-2-4-22(25-18)16-5-9-20(10-6-16)29-21-11-7-17(24)8-12-21/h2-12,15H,13-14H2,1H3,(H,27,28)/t15-/m1/s1. The molecule has 29 heavy (non-hydrogen) atoms. The molecule has 0 amide bonds. The number of carbonyl (C=O) groups excluding carboxylic acids is 1. The second-order valence-electron chi connectivity index (χ2n) is 6.75. The summed E-state index contributed by atoms with van der Waals surface area (Å²) in [5.41, 5.74) is 2.15. The molecule has 2 aromatic carbocycles. The lowest BCUT2D eigenvalue weighted by atomic mass is 10.0. The Morgan fingerprint density at radius 3 is 2.24 bits per heavy atom. The van der Waals surface area contributed by atoms with Gasteiger partial charge in [0.25, 0.3) is 0 Å². The molecular weight excluding hydrogens is 373 g/mol. The van der Waals surface area contributed by atoms with Crippen molar-refractivity contribution in [2.75, 3.05) is 0 Å². The van der Waals surface area contributed by atoms with E-state index in [1.165, 1.54) is 19.1 Å². The summed E-state index contributed by atoms with van der Waals surface area (Å²) in [4.78, 5) is 27.5. The summed E-state index contributed by atoms with van der Waals surface area (Å²) in [7, 11) is 0. The fraction of sp³-hybridized carbons (Fsp3) is 0.174. The molecule has 0 saturated heterocycles. The van der Waals surface area contributed by atoms with Crippen molar-refractivity contribution in [2.45, 2.75) is 19.8 Å². The quantitative estimate of drug-likeness (QED) is 0.589. The van der Waals surface area contributed by atoms with Crippen molar-refractivity contribution < 1.29 is 23.8 Å². The summed E-state index contributed by atoms with van der Waals surface area (Å²) < 4.78 is 18.6. The van der Waals surface area contributed by atoms with Crippen molar-refractivity contribution in [1.82, 2.24) is 4.98 Å². The van der Waals surface area contributed by atoms with E-state index in [9.17, 15) is 14.0 Å². The molecule has 3 rings (SSSR count). The van der Waals surface area contributed by atoms with Crippen LogP contribution in [0.3, 0.4) is 0 Å². The highest BCUT2D eigenvalue weighted by Crippen LogP contribution is 2.25. The average molecular weight is 393 g/mol. The van der Waals surface area contributed by atoms with Crippen LogP contribution in [0, 0.1) is 11.7 Å². The number of hydrogen-bond donors (Lipinski definition) is 1. The number of nitrogens with zero attached hydrogens (tertiary/aromatic N) is 1. The summed E-state index contributed by atoms with van der Waals surface area (Å²) >= 11 is 0. The van der Waals surface area contributed by atoms with Crippen molar-refractivity contribution in [2.24, 2.45) is 5.92 Å². The number of ether oxygens (including phenoxy) is 1. The van der Waals surface area contributed by atoms with Gasteiger partial charge < -0.3 is 9.84 Å². The Bertz CT molecular complexity index is 1000. The molecule has 0 unspecified atom stereocenters. The summed E-state index contributed by atoms with van der Waals surface area (Å²) in [6.07, 6.45) is 0.0773. The van der Waals surface area contributed by atoms with Crippen LogP contribution in [0.25, 0.3) is 11.3 Å². The molecule has 0 aliphatic rings. The molecule has 0 bridgehead atoms. The van der Waals surface area contributed by atoms with Gasteiger partial charge in [0, 0.05) is 24.1 Å². The molecule has 1 N–H and O–H groups in total. The van der Waals surface area contributed by atoms with E-state index in [0.29, 0.717) is 22.9 Å². The highest BCUT2D eigenvalue weighted by Gasteiger charge is 2.16. The first-order valence-electron chi connectivity index (χ1n) is 9.15. The maximum Gasteiger partial charge on any atom is 0.306 e. The average Bonchev–Trinajstić information content (AvgIpc) is 2.70. The number of carboxylic acids is 1. The predicted octanol–water partition coefficient (Wildman–Crippen LogP) is 4.90. The number of rotatable bonds is 8. The van der Waals surface area contributed by atoms with E-state index >= 15 is 0 Å². The van der Waals surface area contributed by atoms with Crippen LogP contribution in [0.2, 0.25) is 0 Å². The lowest BCUT2D eigenvalue weighted by molar-refractivity contribution is -0.143.